The van der Waals surface area contributed by atoms with E-state index in [1.54, 1.807) is 44.2 Å². The van der Waals surface area contributed by atoms with Gasteiger partial charge in [-0.1, -0.05) is 44.2 Å². The summed E-state index contributed by atoms with van der Waals surface area (Å²) < 4.78 is 0. The lowest BCUT2D eigenvalue weighted by atomic mass is 10.0. The molecule has 13 heteroatoms. The zero-order valence-electron chi connectivity index (χ0n) is 20.2. The van der Waals surface area contributed by atoms with Crippen molar-refractivity contribution in [3.63, 3.8) is 0 Å². The summed E-state index contributed by atoms with van der Waals surface area (Å²) >= 11 is 0. The van der Waals surface area contributed by atoms with Crippen molar-refractivity contribution in [1.82, 2.24) is 21.3 Å². The summed E-state index contributed by atoms with van der Waals surface area (Å²) in [7, 11) is 0. The number of carboxylic acid groups (broad SMARTS) is 2. The van der Waals surface area contributed by atoms with Crippen LogP contribution in [0.2, 0.25) is 0 Å². The first-order chi connectivity index (χ1) is 16.9. The molecule has 0 radical (unpaired) electrons. The van der Waals surface area contributed by atoms with E-state index in [-0.39, 0.29) is 25.3 Å². The Balaban J connectivity index is 3.09. The molecule has 0 aliphatic heterocycles. The van der Waals surface area contributed by atoms with Crippen LogP contribution >= 0.6 is 0 Å². The number of benzene rings is 1. The first-order valence-corrected chi connectivity index (χ1v) is 11.3. The van der Waals surface area contributed by atoms with Crippen molar-refractivity contribution in [1.29, 1.82) is 0 Å². The largest absolute Gasteiger partial charge is 0.481 e. The third kappa shape index (κ3) is 11.4. The molecule has 13 nitrogen and oxygen atoms in total. The Morgan fingerprint density at radius 2 is 1.39 bits per heavy atom. The molecule has 0 bridgehead atoms. The van der Waals surface area contributed by atoms with Gasteiger partial charge in [-0.25, -0.2) is 0 Å². The molecule has 1 aromatic rings. The standard InChI is InChI=1S/C23H33N5O8/c1-13(2)8-15(26-18(29)11-24)22(35)28-17(10-19(30)31)23(36)27-16(21(34)25-12-20(32)33)9-14-6-4-3-5-7-14/h3-7,13,15-17H,8-12,24H2,1-2H3,(H,25,34)(H,26,29)(H,27,36)(H,28,35)(H,30,31)(H,32,33)/t15-,16-,17-/m0/s1. The maximum Gasteiger partial charge on any atom is 0.322 e. The monoisotopic (exact) mass is 507 g/mol. The number of carbonyl (C=O) groups excluding carboxylic acids is 4. The summed E-state index contributed by atoms with van der Waals surface area (Å²) in [5.41, 5.74) is 5.94. The van der Waals surface area contributed by atoms with Gasteiger partial charge in [-0.05, 0) is 17.9 Å². The van der Waals surface area contributed by atoms with Gasteiger partial charge in [0.1, 0.15) is 24.7 Å². The lowest BCUT2D eigenvalue weighted by molar-refractivity contribution is -0.142. The third-order valence-electron chi connectivity index (χ3n) is 4.89. The SMILES string of the molecule is CC(C)C[C@H](NC(=O)CN)C(=O)N[C@@H](CC(=O)O)C(=O)N[C@@H](Cc1ccccc1)C(=O)NCC(=O)O. The van der Waals surface area contributed by atoms with Crippen molar-refractivity contribution < 1.29 is 39.0 Å². The van der Waals surface area contributed by atoms with Gasteiger partial charge in [-0.2, -0.15) is 0 Å². The number of hydrogen-bond donors (Lipinski definition) is 7. The van der Waals surface area contributed by atoms with Crippen LogP contribution in [-0.4, -0.2) is 77.0 Å². The minimum atomic E-state index is -1.58. The van der Waals surface area contributed by atoms with E-state index in [4.69, 9.17) is 10.8 Å². The first-order valence-electron chi connectivity index (χ1n) is 11.3. The molecule has 198 valence electrons. The number of carbonyl (C=O) groups is 6. The molecular weight excluding hydrogens is 474 g/mol. The van der Waals surface area contributed by atoms with Gasteiger partial charge in [-0.15, -0.1) is 0 Å². The molecule has 3 atom stereocenters. The summed E-state index contributed by atoms with van der Waals surface area (Å²) in [5.74, 6) is -5.88. The molecular formula is C23H33N5O8. The Morgan fingerprint density at radius 3 is 1.92 bits per heavy atom. The van der Waals surface area contributed by atoms with E-state index >= 15 is 0 Å². The molecule has 0 aromatic heterocycles. The van der Waals surface area contributed by atoms with Crippen molar-refractivity contribution in [2.24, 2.45) is 11.7 Å². The molecule has 36 heavy (non-hydrogen) atoms. The average molecular weight is 508 g/mol. The predicted octanol–water partition coefficient (Wildman–Crippen LogP) is -1.64. The molecule has 0 saturated heterocycles. The van der Waals surface area contributed by atoms with Gasteiger partial charge in [0.15, 0.2) is 0 Å². The lowest BCUT2D eigenvalue weighted by Crippen LogP contribution is -2.58. The van der Waals surface area contributed by atoms with Crippen LogP contribution in [-0.2, 0) is 35.2 Å². The highest BCUT2D eigenvalue weighted by molar-refractivity contribution is 5.96. The van der Waals surface area contributed by atoms with E-state index in [1.807, 2.05) is 0 Å². The smallest absolute Gasteiger partial charge is 0.322 e. The Bertz CT molecular complexity index is 938. The maximum atomic E-state index is 13.0. The highest BCUT2D eigenvalue weighted by Crippen LogP contribution is 2.08. The fourth-order valence-corrected chi connectivity index (χ4v) is 3.23. The third-order valence-corrected chi connectivity index (χ3v) is 4.89. The number of aliphatic carboxylic acids is 2. The Kier molecular flexibility index (Phi) is 12.6. The van der Waals surface area contributed by atoms with Gasteiger partial charge < -0.3 is 37.2 Å². The number of nitrogens with one attached hydrogen (secondary N) is 4. The van der Waals surface area contributed by atoms with Gasteiger partial charge in [0.25, 0.3) is 0 Å². The molecule has 0 aliphatic rings. The summed E-state index contributed by atoms with van der Waals surface area (Å²) in [6.07, 6.45) is -0.618. The van der Waals surface area contributed by atoms with Gasteiger partial charge in [-0.3, -0.25) is 28.8 Å². The Hall–Kier alpha value is -4.00. The average Bonchev–Trinajstić information content (AvgIpc) is 2.81. The fourth-order valence-electron chi connectivity index (χ4n) is 3.23. The normalized spacial score (nSPS) is 13.1. The van der Waals surface area contributed by atoms with E-state index in [0.717, 1.165) is 0 Å². The van der Waals surface area contributed by atoms with Crippen molar-refractivity contribution >= 4 is 35.6 Å². The highest BCUT2D eigenvalue weighted by atomic mass is 16.4. The molecule has 0 heterocycles. The van der Waals surface area contributed by atoms with Crippen molar-refractivity contribution in [3.8, 4) is 0 Å². The van der Waals surface area contributed by atoms with Crippen LogP contribution in [0.15, 0.2) is 30.3 Å². The Labute approximate surface area is 208 Å². The van der Waals surface area contributed by atoms with Gasteiger partial charge >= 0.3 is 11.9 Å². The highest BCUT2D eigenvalue weighted by Gasteiger charge is 2.31. The molecule has 1 aromatic carbocycles. The van der Waals surface area contributed by atoms with Gasteiger partial charge in [0.2, 0.25) is 23.6 Å². The summed E-state index contributed by atoms with van der Waals surface area (Å²) in [5, 5.41) is 27.5. The maximum absolute atomic E-state index is 13.0. The van der Waals surface area contributed by atoms with Crippen LogP contribution in [0, 0.1) is 5.92 Å². The molecule has 0 aliphatic carbocycles. The van der Waals surface area contributed by atoms with Crippen molar-refractivity contribution in [2.75, 3.05) is 13.1 Å². The lowest BCUT2D eigenvalue weighted by Gasteiger charge is -2.25. The van der Waals surface area contributed by atoms with E-state index in [1.165, 1.54) is 0 Å². The summed E-state index contributed by atoms with van der Waals surface area (Å²) in [6.45, 7) is 2.56. The fraction of sp³-hybridized carbons (Fsp3) is 0.478. The molecule has 0 spiro atoms. The van der Waals surface area contributed by atoms with Crippen LogP contribution < -0.4 is 27.0 Å². The van der Waals surface area contributed by atoms with E-state index < -0.39 is 66.7 Å². The number of hydrogen-bond acceptors (Lipinski definition) is 7. The van der Waals surface area contributed by atoms with Gasteiger partial charge in [0.05, 0.1) is 13.0 Å². The number of amides is 4. The zero-order valence-corrected chi connectivity index (χ0v) is 20.2. The summed E-state index contributed by atoms with van der Waals surface area (Å²) in [6, 6.07) is 4.65. The second-order valence-corrected chi connectivity index (χ2v) is 8.48. The number of nitrogens with two attached hydrogens (primary N) is 1. The first kappa shape index (κ1) is 30.0. The van der Waals surface area contributed by atoms with Crippen LogP contribution in [0.25, 0.3) is 0 Å². The molecule has 4 amide bonds. The number of carboxylic acids is 2. The minimum absolute atomic E-state index is 0.0195. The summed E-state index contributed by atoms with van der Waals surface area (Å²) in [4.78, 5) is 72.4. The second kappa shape index (κ2) is 15.1. The van der Waals surface area contributed by atoms with Crippen LogP contribution in [0.3, 0.4) is 0 Å². The van der Waals surface area contributed by atoms with Crippen LogP contribution in [0.5, 0.6) is 0 Å². The molecule has 0 fully saturated rings. The molecule has 0 saturated carbocycles. The molecule has 0 unspecified atom stereocenters. The predicted molar refractivity (Wildman–Crippen MR) is 127 cm³/mol. The topological polar surface area (TPSA) is 217 Å². The van der Waals surface area contributed by atoms with E-state index in [2.05, 4.69) is 21.3 Å². The Morgan fingerprint density at radius 1 is 0.806 bits per heavy atom. The van der Waals surface area contributed by atoms with E-state index in [0.29, 0.717) is 5.56 Å². The van der Waals surface area contributed by atoms with Crippen LogP contribution in [0.1, 0.15) is 32.3 Å². The minimum Gasteiger partial charge on any atom is -0.481 e. The molecule has 1 rings (SSSR count). The molecule has 8 N–H and O–H groups in total. The van der Waals surface area contributed by atoms with E-state index in [9.17, 15) is 33.9 Å². The van der Waals surface area contributed by atoms with Gasteiger partial charge in [0, 0.05) is 6.42 Å². The van der Waals surface area contributed by atoms with Crippen molar-refractivity contribution in [3.05, 3.63) is 35.9 Å². The number of rotatable bonds is 15. The quantitative estimate of drug-likeness (QED) is 0.145. The zero-order chi connectivity index (χ0) is 27.3. The second-order valence-electron chi connectivity index (χ2n) is 8.48. The van der Waals surface area contributed by atoms with Crippen molar-refractivity contribution in [2.45, 2.75) is 51.2 Å². The van der Waals surface area contributed by atoms with Crippen LogP contribution in [0.4, 0.5) is 0 Å².